The molecule has 1 aromatic heterocycles. The molecule has 3 rings (SSSR count). The number of halogens is 2. The summed E-state index contributed by atoms with van der Waals surface area (Å²) >= 11 is 1.14. The van der Waals surface area contributed by atoms with Crippen LogP contribution in [0.1, 0.15) is 23.2 Å². The molecule has 1 aromatic carbocycles. The van der Waals surface area contributed by atoms with Crippen molar-refractivity contribution < 1.29 is 22.0 Å². The van der Waals surface area contributed by atoms with E-state index in [2.05, 4.69) is 4.72 Å². The predicted octanol–water partition coefficient (Wildman–Crippen LogP) is 2.61. The standard InChI is InChI=1S/C16H16F2N2O3S2/c17-13-4-3-11(10-14(13)18)16(21)20-7-5-12(6-8-20)19-25(22,23)15-2-1-9-24-15/h1-4,9-10,12,19H,5-8H2. The third kappa shape index (κ3) is 4.05. The zero-order valence-corrected chi connectivity index (χ0v) is 14.7. The van der Waals surface area contributed by atoms with Gasteiger partial charge >= 0.3 is 0 Å². The van der Waals surface area contributed by atoms with Crippen molar-refractivity contribution in [3.8, 4) is 0 Å². The van der Waals surface area contributed by atoms with Crippen LogP contribution in [0.5, 0.6) is 0 Å². The Morgan fingerprint density at radius 2 is 1.88 bits per heavy atom. The van der Waals surface area contributed by atoms with Crippen molar-refractivity contribution in [2.75, 3.05) is 13.1 Å². The normalized spacial score (nSPS) is 16.2. The minimum atomic E-state index is -3.54. The van der Waals surface area contributed by atoms with E-state index < -0.39 is 27.6 Å². The fourth-order valence-electron chi connectivity index (χ4n) is 2.71. The second-order valence-electron chi connectivity index (χ2n) is 5.75. The number of nitrogens with zero attached hydrogens (tertiary/aromatic N) is 1. The van der Waals surface area contributed by atoms with Crippen molar-refractivity contribution >= 4 is 27.3 Å². The molecule has 0 aliphatic carbocycles. The second kappa shape index (κ2) is 7.19. The number of piperidine rings is 1. The molecular formula is C16H16F2N2O3S2. The number of carbonyl (C=O) groups excluding carboxylic acids is 1. The first-order valence-electron chi connectivity index (χ1n) is 7.67. The molecule has 2 heterocycles. The molecule has 25 heavy (non-hydrogen) atoms. The summed E-state index contributed by atoms with van der Waals surface area (Å²) in [5.74, 6) is -2.46. The van der Waals surface area contributed by atoms with Crippen LogP contribution in [0.4, 0.5) is 8.78 Å². The van der Waals surface area contributed by atoms with Crippen LogP contribution < -0.4 is 4.72 Å². The number of sulfonamides is 1. The number of hydrogen-bond donors (Lipinski definition) is 1. The lowest BCUT2D eigenvalue weighted by molar-refractivity contribution is 0.0710. The highest BCUT2D eigenvalue weighted by Crippen LogP contribution is 2.20. The second-order valence-corrected chi connectivity index (χ2v) is 8.64. The fraction of sp³-hybridized carbons (Fsp3) is 0.312. The first-order valence-corrected chi connectivity index (χ1v) is 10.0. The monoisotopic (exact) mass is 386 g/mol. The number of benzene rings is 1. The molecule has 0 spiro atoms. The number of rotatable bonds is 4. The van der Waals surface area contributed by atoms with Crippen LogP contribution in [-0.4, -0.2) is 38.4 Å². The van der Waals surface area contributed by atoms with E-state index in [9.17, 15) is 22.0 Å². The molecule has 134 valence electrons. The molecular weight excluding hydrogens is 370 g/mol. The minimum Gasteiger partial charge on any atom is -0.339 e. The lowest BCUT2D eigenvalue weighted by Gasteiger charge is -2.32. The summed E-state index contributed by atoms with van der Waals surface area (Å²) in [6.45, 7) is 0.685. The van der Waals surface area contributed by atoms with E-state index in [1.54, 1.807) is 11.4 Å². The SMILES string of the molecule is O=C(c1ccc(F)c(F)c1)N1CCC(NS(=O)(=O)c2cccs2)CC1. The highest BCUT2D eigenvalue weighted by atomic mass is 32.2. The van der Waals surface area contributed by atoms with Crippen molar-refractivity contribution in [1.29, 1.82) is 0 Å². The van der Waals surface area contributed by atoms with Crippen molar-refractivity contribution in [3.05, 3.63) is 52.9 Å². The summed E-state index contributed by atoms with van der Waals surface area (Å²) < 4.78 is 53.6. The van der Waals surface area contributed by atoms with Gasteiger partial charge in [0.25, 0.3) is 5.91 Å². The van der Waals surface area contributed by atoms with Crippen LogP contribution in [0, 0.1) is 11.6 Å². The lowest BCUT2D eigenvalue weighted by atomic mass is 10.0. The van der Waals surface area contributed by atoms with Crippen LogP contribution in [0.25, 0.3) is 0 Å². The minimum absolute atomic E-state index is 0.0801. The number of nitrogens with one attached hydrogen (secondary N) is 1. The number of thiophene rings is 1. The van der Waals surface area contributed by atoms with Gasteiger partial charge in [0.15, 0.2) is 11.6 Å². The third-order valence-electron chi connectivity index (χ3n) is 4.03. The molecule has 1 aliphatic rings. The van der Waals surface area contributed by atoms with E-state index in [-0.39, 0.29) is 15.8 Å². The van der Waals surface area contributed by atoms with Gasteiger partial charge in [-0.05, 0) is 42.5 Å². The van der Waals surface area contributed by atoms with Gasteiger partial charge in [0.05, 0.1) is 0 Å². The Bertz CT molecular complexity index is 862. The Hall–Kier alpha value is -1.84. The van der Waals surface area contributed by atoms with E-state index in [4.69, 9.17) is 0 Å². The number of hydrogen-bond acceptors (Lipinski definition) is 4. The molecule has 5 nitrogen and oxygen atoms in total. The first-order chi connectivity index (χ1) is 11.9. The molecule has 0 radical (unpaired) electrons. The van der Waals surface area contributed by atoms with Gasteiger partial charge in [-0.3, -0.25) is 4.79 Å². The number of likely N-dealkylation sites (tertiary alicyclic amines) is 1. The number of amides is 1. The van der Waals surface area contributed by atoms with Crippen LogP contribution in [0.2, 0.25) is 0 Å². The molecule has 2 aromatic rings. The lowest BCUT2D eigenvalue weighted by Crippen LogP contribution is -2.46. The van der Waals surface area contributed by atoms with Crippen LogP contribution in [0.15, 0.2) is 39.9 Å². The van der Waals surface area contributed by atoms with Crippen molar-refractivity contribution in [3.63, 3.8) is 0 Å². The third-order valence-corrected chi connectivity index (χ3v) is 6.95. The smallest absolute Gasteiger partial charge is 0.253 e. The van der Waals surface area contributed by atoms with Crippen LogP contribution in [0.3, 0.4) is 0 Å². The highest BCUT2D eigenvalue weighted by molar-refractivity contribution is 7.91. The van der Waals surface area contributed by atoms with Gasteiger partial charge < -0.3 is 4.90 Å². The van der Waals surface area contributed by atoms with Gasteiger partial charge in [0.2, 0.25) is 10.0 Å². The topological polar surface area (TPSA) is 66.5 Å². The summed E-state index contributed by atoms with van der Waals surface area (Å²) in [5, 5.41) is 1.69. The van der Waals surface area contributed by atoms with E-state index in [1.807, 2.05) is 0 Å². The molecule has 9 heteroatoms. The van der Waals surface area contributed by atoms with Gasteiger partial charge in [0, 0.05) is 24.7 Å². The summed E-state index contributed by atoms with van der Waals surface area (Å²) in [7, 11) is -3.54. The van der Waals surface area contributed by atoms with Crippen molar-refractivity contribution in [1.82, 2.24) is 9.62 Å². The zero-order valence-electron chi connectivity index (χ0n) is 13.1. The molecule has 1 N–H and O–H groups in total. The first kappa shape index (κ1) is 18.0. The summed E-state index contributed by atoms with van der Waals surface area (Å²) in [4.78, 5) is 13.9. The van der Waals surface area contributed by atoms with Crippen molar-refractivity contribution in [2.45, 2.75) is 23.1 Å². The molecule has 0 saturated carbocycles. The van der Waals surface area contributed by atoms with Gasteiger partial charge in [-0.25, -0.2) is 21.9 Å². The van der Waals surface area contributed by atoms with E-state index in [0.717, 1.165) is 23.5 Å². The molecule has 1 aliphatic heterocycles. The molecule has 1 saturated heterocycles. The van der Waals surface area contributed by atoms with Gasteiger partial charge in [-0.1, -0.05) is 6.07 Å². The van der Waals surface area contributed by atoms with Crippen molar-refractivity contribution in [2.24, 2.45) is 0 Å². The molecule has 1 fully saturated rings. The molecule has 0 unspecified atom stereocenters. The summed E-state index contributed by atoms with van der Waals surface area (Å²) in [6, 6.07) is 5.98. The van der Waals surface area contributed by atoms with E-state index in [0.29, 0.717) is 25.9 Å². The van der Waals surface area contributed by atoms with E-state index >= 15 is 0 Å². The summed E-state index contributed by atoms with van der Waals surface area (Å²) in [5.41, 5.74) is 0.0801. The van der Waals surface area contributed by atoms with Gasteiger partial charge in [-0.15, -0.1) is 11.3 Å². The largest absolute Gasteiger partial charge is 0.339 e. The average Bonchev–Trinajstić information content (AvgIpc) is 3.13. The Kier molecular flexibility index (Phi) is 5.16. The molecule has 0 bridgehead atoms. The zero-order chi connectivity index (χ0) is 18.0. The van der Waals surface area contributed by atoms with Gasteiger partial charge in [0.1, 0.15) is 4.21 Å². The highest BCUT2D eigenvalue weighted by Gasteiger charge is 2.27. The number of carbonyl (C=O) groups is 1. The predicted molar refractivity (Wildman–Crippen MR) is 89.9 cm³/mol. The Morgan fingerprint density at radius 1 is 1.16 bits per heavy atom. The maximum absolute atomic E-state index is 13.3. The molecule has 0 atom stereocenters. The van der Waals surface area contributed by atoms with Crippen LogP contribution in [-0.2, 0) is 10.0 Å². The molecule has 1 amide bonds. The van der Waals surface area contributed by atoms with Gasteiger partial charge in [-0.2, -0.15) is 0 Å². The quantitative estimate of drug-likeness (QED) is 0.878. The summed E-state index contributed by atoms with van der Waals surface area (Å²) in [6.07, 6.45) is 0.917. The Morgan fingerprint density at radius 3 is 2.48 bits per heavy atom. The fourth-order valence-corrected chi connectivity index (χ4v) is 5.02. The Balaban J connectivity index is 1.60. The average molecular weight is 386 g/mol. The van der Waals surface area contributed by atoms with Crippen LogP contribution >= 0.6 is 11.3 Å². The maximum atomic E-state index is 13.3. The Labute approximate surface area is 148 Å². The maximum Gasteiger partial charge on any atom is 0.253 e. The van der Waals surface area contributed by atoms with E-state index in [1.165, 1.54) is 17.0 Å².